The van der Waals surface area contributed by atoms with E-state index in [2.05, 4.69) is 52.5 Å². The van der Waals surface area contributed by atoms with Crippen LogP contribution in [0.3, 0.4) is 0 Å². The fraction of sp³-hybridized carbons (Fsp3) is 0.514. The van der Waals surface area contributed by atoms with Crippen molar-refractivity contribution in [2.24, 2.45) is 0 Å². The highest BCUT2D eigenvalue weighted by atomic mass is 19.4. The second-order valence-corrected chi connectivity index (χ2v) is 13.2. The molecule has 0 saturated carbocycles. The van der Waals surface area contributed by atoms with E-state index in [1.54, 1.807) is 44.3 Å². The zero-order valence-corrected chi connectivity index (χ0v) is 27.5. The second-order valence-electron chi connectivity index (χ2n) is 13.2. The third-order valence-electron chi connectivity index (χ3n) is 9.23. The van der Waals surface area contributed by atoms with E-state index in [4.69, 9.17) is 0 Å². The van der Waals surface area contributed by atoms with Crippen LogP contribution in [0.1, 0.15) is 56.5 Å². The molecule has 4 heterocycles. The minimum atomic E-state index is -4.63. The van der Waals surface area contributed by atoms with Crippen LogP contribution in [0.4, 0.5) is 23.7 Å². The largest absolute Gasteiger partial charge is 0.489 e. The predicted octanol–water partition coefficient (Wildman–Crippen LogP) is 5.48. The van der Waals surface area contributed by atoms with E-state index in [1.165, 1.54) is 12.1 Å². The van der Waals surface area contributed by atoms with Crippen molar-refractivity contribution in [2.75, 3.05) is 52.1 Å². The summed E-state index contributed by atoms with van der Waals surface area (Å²) in [5, 5.41) is 16.3. The molecule has 2 fully saturated rings. The van der Waals surface area contributed by atoms with E-state index in [0.717, 1.165) is 44.3 Å². The number of nitrogens with one attached hydrogen (secondary N) is 2. The Morgan fingerprint density at radius 1 is 1.02 bits per heavy atom. The molecule has 0 radical (unpaired) electrons. The molecule has 2 aliphatic heterocycles. The number of urea groups is 1. The van der Waals surface area contributed by atoms with Gasteiger partial charge in [-0.2, -0.15) is 5.26 Å². The number of hydrogen-bond acceptors (Lipinski definition) is 6. The van der Waals surface area contributed by atoms with Gasteiger partial charge in [0.1, 0.15) is 5.69 Å². The molecule has 1 aromatic carbocycles. The molecule has 0 atom stereocenters. The van der Waals surface area contributed by atoms with Gasteiger partial charge in [0.15, 0.2) is 0 Å². The summed E-state index contributed by atoms with van der Waals surface area (Å²) in [6, 6.07) is 13.1. The van der Waals surface area contributed by atoms with E-state index in [-0.39, 0.29) is 29.8 Å². The number of hydrogen-bond donors (Lipinski definition) is 2. The number of amides is 2. The summed E-state index contributed by atoms with van der Waals surface area (Å²) in [4.78, 5) is 23.5. The molecule has 12 heteroatoms. The third-order valence-corrected chi connectivity index (χ3v) is 9.23. The average molecular weight is 649 g/mol. The molecule has 2 saturated heterocycles. The number of piperidine rings is 2. The number of nitriles is 1. The number of likely N-dealkylation sites (tertiary alicyclic amines) is 2. The Kier molecular flexibility index (Phi) is 10.3. The first-order valence-electron chi connectivity index (χ1n) is 16.1. The van der Waals surface area contributed by atoms with Crippen molar-refractivity contribution >= 4 is 22.6 Å². The first-order valence-corrected chi connectivity index (χ1v) is 16.1. The quantitative estimate of drug-likeness (QED) is 0.330. The van der Waals surface area contributed by atoms with Gasteiger partial charge < -0.3 is 25.3 Å². The average Bonchev–Trinajstić information content (AvgIpc) is 3.44. The lowest BCUT2D eigenvalue weighted by molar-refractivity contribution is -0.201. The van der Waals surface area contributed by atoms with Gasteiger partial charge in [-0.05, 0) is 95.4 Å². The van der Waals surface area contributed by atoms with Crippen molar-refractivity contribution in [3.05, 3.63) is 59.5 Å². The van der Waals surface area contributed by atoms with Crippen molar-refractivity contribution in [3.63, 3.8) is 0 Å². The summed E-state index contributed by atoms with van der Waals surface area (Å²) in [5.74, 6) is 5.48. The van der Waals surface area contributed by atoms with Crippen LogP contribution in [0.2, 0.25) is 0 Å². The fourth-order valence-corrected chi connectivity index (χ4v) is 6.26. The van der Waals surface area contributed by atoms with Crippen LogP contribution >= 0.6 is 0 Å². The molecule has 3 aromatic rings. The maximum absolute atomic E-state index is 14.1. The fourth-order valence-electron chi connectivity index (χ4n) is 6.26. The third kappa shape index (κ3) is 8.19. The smallest absolute Gasteiger partial charge is 0.373 e. The van der Waals surface area contributed by atoms with Gasteiger partial charge >= 0.3 is 12.3 Å². The molecular weight excluding hydrogens is 605 g/mol. The van der Waals surface area contributed by atoms with Crippen molar-refractivity contribution < 1.29 is 18.0 Å². The summed E-state index contributed by atoms with van der Waals surface area (Å²) < 4.78 is 42.6. The van der Waals surface area contributed by atoms with Crippen LogP contribution in [0.15, 0.2) is 42.6 Å². The Bertz CT molecular complexity index is 1650. The summed E-state index contributed by atoms with van der Waals surface area (Å²) in [7, 11) is 4.17. The molecule has 2 aliphatic rings. The van der Waals surface area contributed by atoms with Gasteiger partial charge in [-0.1, -0.05) is 12.0 Å². The number of pyridine rings is 1. The number of carbonyl (C=O) groups is 1. The van der Waals surface area contributed by atoms with Crippen molar-refractivity contribution in [3.8, 4) is 17.9 Å². The number of anilines is 1. The standard InChI is InChI=1S/C35H43F3N8O/c1-34(2,24-39)32-10-8-28(23-42-32)40-15-5-6-30-21-26-20-25(7-9-31(26)46(30)35(36,37)38)22-41-27-11-16-44(17-12-27)33(47)45-18-13-29(14-19-45)43(3)4/h7-10,20-21,23,27,29,40-41H,11-19,22H2,1-4H3. The molecular formula is C35H43F3N8O. The van der Waals surface area contributed by atoms with Gasteiger partial charge in [-0.15, -0.1) is 13.2 Å². The molecule has 2 N–H and O–H groups in total. The maximum Gasteiger partial charge on any atom is 0.489 e. The van der Waals surface area contributed by atoms with E-state index in [9.17, 15) is 23.2 Å². The molecule has 2 aromatic heterocycles. The topological polar surface area (TPSA) is 92.5 Å². The Hall–Kier alpha value is -4.26. The minimum absolute atomic E-state index is 0.0554. The second kappa shape index (κ2) is 14.2. The molecule has 0 unspecified atom stereocenters. The van der Waals surface area contributed by atoms with Gasteiger partial charge in [0.25, 0.3) is 0 Å². The zero-order valence-electron chi connectivity index (χ0n) is 27.5. The minimum Gasteiger partial charge on any atom is -0.373 e. The zero-order chi connectivity index (χ0) is 33.8. The van der Waals surface area contributed by atoms with E-state index >= 15 is 0 Å². The van der Waals surface area contributed by atoms with Crippen LogP contribution in [-0.4, -0.2) is 89.2 Å². The normalized spacial score (nSPS) is 16.7. The number of halogens is 3. The summed E-state index contributed by atoms with van der Waals surface area (Å²) in [5.41, 5.74) is 1.37. The van der Waals surface area contributed by atoms with Gasteiger partial charge in [-0.3, -0.25) is 4.98 Å². The Morgan fingerprint density at radius 2 is 1.70 bits per heavy atom. The molecule has 0 bridgehead atoms. The number of benzene rings is 1. The van der Waals surface area contributed by atoms with Crippen molar-refractivity contribution in [1.29, 1.82) is 5.26 Å². The highest BCUT2D eigenvalue weighted by Gasteiger charge is 2.34. The Balaban J connectivity index is 1.16. The lowest BCUT2D eigenvalue weighted by Crippen LogP contribution is -2.52. The molecule has 0 spiro atoms. The molecule has 47 heavy (non-hydrogen) atoms. The maximum atomic E-state index is 14.1. The summed E-state index contributed by atoms with van der Waals surface area (Å²) >= 11 is 0. The van der Waals surface area contributed by atoms with Gasteiger partial charge in [-0.25, -0.2) is 9.36 Å². The number of alkyl halides is 3. The Morgan fingerprint density at radius 3 is 2.30 bits per heavy atom. The van der Waals surface area contributed by atoms with Gasteiger partial charge in [0, 0.05) is 50.2 Å². The molecule has 5 rings (SSSR count). The summed E-state index contributed by atoms with van der Waals surface area (Å²) in [6.45, 7) is 7.16. The van der Waals surface area contributed by atoms with Crippen molar-refractivity contribution in [2.45, 2.75) is 69.9 Å². The highest BCUT2D eigenvalue weighted by Crippen LogP contribution is 2.32. The molecule has 9 nitrogen and oxygen atoms in total. The van der Waals surface area contributed by atoms with Gasteiger partial charge in [0.05, 0.1) is 41.1 Å². The number of aromatic nitrogens is 2. The predicted molar refractivity (Wildman–Crippen MR) is 177 cm³/mol. The number of carbonyl (C=O) groups excluding carboxylic acids is 1. The monoisotopic (exact) mass is 648 g/mol. The lowest BCUT2D eigenvalue weighted by Gasteiger charge is -2.40. The van der Waals surface area contributed by atoms with Crippen LogP contribution < -0.4 is 10.6 Å². The number of nitrogens with zero attached hydrogens (tertiary/aromatic N) is 6. The lowest BCUT2D eigenvalue weighted by atomic mass is 9.91. The van der Waals surface area contributed by atoms with Crippen LogP contribution in [0.25, 0.3) is 10.9 Å². The molecule has 250 valence electrons. The van der Waals surface area contributed by atoms with Crippen LogP contribution in [0, 0.1) is 23.2 Å². The SMILES string of the molecule is CN(C)C1CCN(C(=O)N2CCC(NCc3ccc4c(c3)cc(C#CCNc3ccc(C(C)(C)C#N)nc3)n4C(F)(F)F)CC2)CC1. The first kappa shape index (κ1) is 34.1. The van der Waals surface area contributed by atoms with Crippen molar-refractivity contribution in [1.82, 2.24) is 29.6 Å². The van der Waals surface area contributed by atoms with Crippen LogP contribution in [-0.2, 0) is 18.3 Å². The number of fused-ring (bicyclic) bond motifs is 1. The molecule has 0 aliphatic carbocycles. The van der Waals surface area contributed by atoms with E-state index in [0.29, 0.717) is 47.0 Å². The first-order chi connectivity index (χ1) is 22.4. The van der Waals surface area contributed by atoms with E-state index < -0.39 is 11.7 Å². The highest BCUT2D eigenvalue weighted by molar-refractivity contribution is 5.83. The number of rotatable bonds is 7. The van der Waals surface area contributed by atoms with Gasteiger partial charge in [0.2, 0.25) is 0 Å². The molecule has 2 amide bonds. The van der Waals surface area contributed by atoms with E-state index in [1.807, 2.05) is 9.80 Å². The van der Waals surface area contributed by atoms with Crippen LogP contribution in [0.5, 0.6) is 0 Å². The Labute approximate surface area is 274 Å². The summed E-state index contributed by atoms with van der Waals surface area (Å²) in [6.07, 6.45) is 0.611.